The summed E-state index contributed by atoms with van der Waals surface area (Å²) in [6.07, 6.45) is 2.63. The third kappa shape index (κ3) is 4.25. The summed E-state index contributed by atoms with van der Waals surface area (Å²) in [4.78, 5) is 29.3. The molecule has 0 aromatic carbocycles. The molecular formula is C12H11N3O3S2. The van der Waals surface area contributed by atoms with E-state index < -0.39 is 5.97 Å². The van der Waals surface area contributed by atoms with Crippen LogP contribution in [0.4, 0.5) is 5.82 Å². The lowest BCUT2D eigenvalue weighted by atomic mass is 10.3. The van der Waals surface area contributed by atoms with Crippen molar-refractivity contribution in [2.24, 2.45) is 0 Å². The second kappa shape index (κ2) is 6.40. The number of aromatic nitrogens is 2. The minimum absolute atomic E-state index is 0.188. The van der Waals surface area contributed by atoms with Crippen LogP contribution in [0.2, 0.25) is 0 Å². The number of anilines is 1. The molecule has 2 rings (SSSR count). The number of carboxylic acids is 1. The number of carbonyl (C=O) groups is 1. The Hall–Kier alpha value is -2.06. The average molecular weight is 309 g/mol. The number of nitrogen functional groups attached to an aromatic ring is 1. The molecule has 20 heavy (non-hydrogen) atoms. The van der Waals surface area contributed by atoms with Gasteiger partial charge in [0.1, 0.15) is 5.82 Å². The summed E-state index contributed by atoms with van der Waals surface area (Å²) in [7, 11) is 0. The van der Waals surface area contributed by atoms with Crippen molar-refractivity contribution < 1.29 is 9.90 Å². The molecule has 0 aliphatic rings. The van der Waals surface area contributed by atoms with E-state index in [1.54, 1.807) is 0 Å². The van der Waals surface area contributed by atoms with Crippen LogP contribution in [0.3, 0.4) is 0 Å². The summed E-state index contributed by atoms with van der Waals surface area (Å²) < 4.78 is 0. The fraction of sp³-hybridized carbons (Fsp3) is 0.0833. The topological polar surface area (TPSA) is 109 Å². The largest absolute Gasteiger partial charge is 0.478 e. The molecule has 2 heterocycles. The molecule has 0 radical (unpaired) electrons. The molecule has 8 heteroatoms. The first-order valence-corrected chi connectivity index (χ1v) is 7.37. The first-order valence-electron chi connectivity index (χ1n) is 5.51. The van der Waals surface area contributed by atoms with E-state index in [4.69, 9.17) is 10.8 Å². The van der Waals surface area contributed by atoms with E-state index in [0.717, 1.165) is 16.5 Å². The molecule has 0 spiro atoms. The minimum atomic E-state index is -0.978. The number of carboxylic acid groups (broad SMARTS) is 1. The van der Waals surface area contributed by atoms with Gasteiger partial charge >= 0.3 is 5.97 Å². The molecule has 2 aromatic rings. The second-order valence-corrected chi connectivity index (χ2v) is 5.74. The number of thioether (sulfide) groups is 1. The molecule has 4 N–H and O–H groups in total. The normalized spacial score (nSPS) is 11.0. The molecule has 0 aliphatic carbocycles. The lowest BCUT2D eigenvalue weighted by Crippen LogP contribution is -2.09. The number of aliphatic carboxylic acids is 1. The van der Waals surface area contributed by atoms with Crippen molar-refractivity contribution in [2.45, 2.75) is 10.9 Å². The van der Waals surface area contributed by atoms with E-state index in [1.807, 2.05) is 11.4 Å². The third-order valence-electron chi connectivity index (χ3n) is 2.18. The van der Waals surface area contributed by atoms with Crippen molar-refractivity contribution in [3.05, 3.63) is 44.4 Å². The van der Waals surface area contributed by atoms with Crippen molar-refractivity contribution >= 4 is 41.0 Å². The number of nitrogens with one attached hydrogen (secondary N) is 1. The quantitative estimate of drug-likeness (QED) is 0.441. The van der Waals surface area contributed by atoms with Crippen LogP contribution in [0.25, 0.3) is 6.08 Å². The lowest BCUT2D eigenvalue weighted by molar-refractivity contribution is -0.131. The van der Waals surface area contributed by atoms with Gasteiger partial charge in [0.05, 0.1) is 0 Å². The Morgan fingerprint density at radius 2 is 2.35 bits per heavy atom. The molecular weight excluding hydrogens is 298 g/mol. The maximum atomic E-state index is 11.2. The van der Waals surface area contributed by atoms with Crippen LogP contribution in [0.5, 0.6) is 0 Å². The second-order valence-electron chi connectivity index (χ2n) is 3.78. The maximum absolute atomic E-state index is 11.2. The van der Waals surface area contributed by atoms with Crippen LogP contribution in [0.1, 0.15) is 10.4 Å². The molecule has 6 nitrogen and oxygen atoms in total. The Balaban J connectivity index is 2.00. The van der Waals surface area contributed by atoms with E-state index in [1.165, 1.54) is 35.2 Å². The number of rotatable bonds is 5. The molecule has 0 fully saturated rings. The zero-order chi connectivity index (χ0) is 14.5. The molecule has 0 bridgehead atoms. The van der Waals surface area contributed by atoms with Gasteiger partial charge in [-0.2, -0.15) is 0 Å². The lowest BCUT2D eigenvalue weighted by Gasteiger charge is -1.99. The van der Waals surface area contributed by atoms with Gasteiger partial charge in [0.25, 0.3) is 5.56 Å². The van der Waals surface area contributed by atoms with Gasteiger partial charge in [-0.05, 0) is 23.1 Å². The Labute approximate surface area is 122 Å². The van der Waals surface area contributed by atoms with Crippen LogP contribution in [0, 0.1) is 0 Å². The number of hydrogen-bond donors (Lipinski definition) is 3. The smallest absolute Gasteiger partial charge is 0.328 e. The van der Waals surface area contributed by atoms with E-state index >= 15 is 0 Å². The summed E-state index contributed by atoms with van der Waals surface area (Å²) in [5.74, 6) is -0.168. The zero-order valence-corrected chi connectivity index (χ0v) is 11.8. The number of nitrogens with two attached hydrogens (primary N) is 1. The van der Waals surface area contributed by atoms with Gasteiger partial charge < -0.3 is 15.8 Å². The first kappa shape index (κ1) is 14.4. The van der Waals surface area contributed by atoms with Gasteiger partial charge in [-0.3, -0.25) is 4.79 Å². The van der Waals surface area contributed by atoms with Gasteiger partial charge in [-0.15, -0.1) is 11.3 Å². The highest BCUT2D eigenvalue weighted by Gasteiger charge is 2.03. The van der Waals surface area contributed by atoms with Crippen molar-refractivity contribution in [3.63, 3.8) is 0 Å². The maximum Gasteiger partial charge on any atom is 0.328 e. The number of thiophene rings is 1. The van der Waals surface area contributed by atoms with Gasteiger partial charge in [-0.25, -0.2) is 9.78 Å². The van der Waals surface area contributed by atoms with Crippen molar-refractivity contribution in [1.82, 2.24) is 9.97 Å². The van der Waals surface area contributed by atoms with Crippen LogP contribution >= 0.6 is 23.1 Å². The Morgan fingerprint density at radius 1 is 1.55 bits per heavy atom. The highest BCUT2D eigenvalue weighted by atomic mass is 32.2. The van der Waals surface area contributed by atoms with Gasteiger partial charge in [-0.1, -0.05) is 11.8 Å². The van der Waals surface area contributed by atoms with Gasteiger partial charge in [0, 0.05) is 22.8 Å². The molecule has 0 amide bonds. The number of H-pyrrole nitrogens is 1. The highest BCUT2D eigenvalue weighted by Crippen LogP contribution is 2.24. The summed E-state index contributed by atoms with van der Waals surface area (Å²) in [5.41, 5.74) is 6.05. The SMILES string of the molecule is Nc1cc(=O)[nH]c(SCc2cc(C=CC(=O)O)cs2)n1. The molecule has 104 valence electrons. The summed E-state index contributed by atoms with van der Waals surface area (Å²) in [5, 5.41) is 10.9. The van der Waals surface area contributed by atoms with Crippen LogP contribution in [-0.4, -0.2) is 21.0 Å². The van der Waals surface area contributed by atoms with Crippen molar-refractivity contribution in [2.75, 3.05) is 5.73 Å². The Bertz CT molecular complexity index is 706. The number of hydrogen-bond acceptors (Lipinski definition) is 6. The Kier molecular flexibility index (Phi) is 4.59. The summed E-state index contributed by atoms with van der Waals surface area (Å²) in [6.45, 7) is 0. The highest BCUT2D eigenvalue weighted by molar-refractivity contribution is 7.98. The molecule has 0 unspecified atom stereocenters. The van der Waals surface area contributed by atoms with Crippen LogP contribution < -0.4 is 11.3 Å². The fourth-order valence-electron chi connectivity index (χ4n) is 1.39. The van der Waals surface area contributed by atoms with Crippen LogP contribution in [0.15, 0.2) is 33.5 Å². The standard InChI is InChI=1S/C12H11N3O3S2/c13-9-4-10(16)15-12(14-9)20-6-8-3-7(5-19-8)1-2-11(17)18/h1-5H,6H2,(H,17,18)(H3,13,14,15,16). The third-order valence-corrected chi connectivity index (χ3v) is 4.24. The van der Waals surface area contributed by atoms with Gasteiger partial charge in [0.15, 0.2) is 5.16 Å². The van der Waals surface area contributed by atoms with E-state index in [2.05, 4.69) is 9.97 Å². The Morgan fingerprint density at radius 3 is 3.05 bits per heavy atom. The molecule has 0 atom stereocenters. The number of aromatic amines is 1. The molecule has 2 aromatic heterocycles. The van der Waals surface area contributed by atoms with E-state index in [-0.39, 0.29) is 11.4 Å². The van der Waals surface area contributed by atoms with Crippen molar-refractivity contribution in [1.29, 1.82) is 0 Å². The van der Waals surface area contributed by atoms with Gasteiger partial charge in [0.2, 0.25) is 0 Å². The van der Waals surface area contributed by atoms with E-state index in [0.29, 0.717) is 10.9 Å². The average Bonchev–Trinajstić information content (AvgIpc) is 2.81. The minimum Gasteiger partial charge on any atom is -0.478 e. The fourth-order valence-corrected chi connectivity index (χ4v) is 3.18. The summed E-state index contributed by atoms with van der Waals surface area (Å²) >= 11 is 2.88. The van der Waals surface area contributed by atoms with Crippen molar-refractivity contribution in [3.8, 4) is 0 Å². The first-order chi connectivity index (χ1) is 9.52. The monoisotopic (exact) mass is 309 g/mol. The number of nitrogens with zero attached hydrogens (tertiary/aromatic N) is 1. The predicted octanol–water partition coefficient (Wildman–Crippen LogP) is 1.80. The summed E-state index contributed by atoms with van der Waals surface area (Å²) in [6, 6.07) is 3.12. The van der Waals surface area contributed by atoms with E-state index in [9.17, 15) is 9.59 Å². The zero-order valence-electron chi connectivity index (χ0n) is 10.2. The predicted molar refractivity (Wildman–Crippen MR) is 79.8 cm³/mol. The molecule has 0 saturated carbocycles. The van der Waals surface area contributed by atoms with Crippen LogP contribution in [-0.2, 0) is 10.5 Å². The molecule has 0 saturated heterocycles. The molecule has 0 aliphatic heterocycles.